The van der Waals surface area contributed by atoms with Gasteiger partial charge in [-0.1, -0.05) is 0 Å². The summed E-state index contributed by atoms with van der Waals surface area (Å²) in [7, 11) is 1.64. The SMILES string of the molecule is Cc1cc(C(F)(F)F)nn1CCCNC(=O)c1c(Br)cnn1C. The van der Waals surface area contributed by atoms with E-state index in [1.807, 2.05) is 0 Å². The number of carbonyl (C=O) groups excluding carboxylic acids is 1. The zero-order valence-electron chi connectivity index (χ0n) is 12.5. The van der Waals surface area contributed by atoms with Gasteiger partial charge in [0.25, 0.3) is 5.91 Å². The Bertz CT molecular complexity index is 688. The van der Waals surface area contributed by atoms with Crippen molar-refractivity contribution in [1.29, 1.82) is 0 Å². The number of hydrogen-bond acceptors (Lipinski definition) is 3. The summed E-state index contributed by atoms with van der Waals surface area (Å²) in [5.41, 5.74) is -0.0875. The molecule has 0 aliphatic carbocycles. The molecule has 0 fully saturated rings. The molecule has 6 nitrogen and oxygen atoms in total. The number of aryl methyl sites for hydroxylation is 3. The van der Waals surface area contributed by atoms with Crippen LogP contribution in [-0.4, -0.2) is 32.0 Å². The van der Waals surface area contributed by atoms with E-state index in [-0.39, 0.29) is 12.5 Å². The van der Waals surface area contributed by atoms with E-state index >= 15 is 0 Å². The molecule has 10 heteroatoms. The van der Waals surface area contributed by atoms with Gasteiger partial charge in [-0.15, -0.1) is 0 Å². The minimum absolute atomic E-state index is 0.286. The summed E-state index contributed by atoms with van der Waals surface area (Å²) in [4.78, 5) is 12.0. The highest BCUT2D eigenvalue weighted by Gasteiger charge is 2.34. The van der Waals surface area contributed by atoms with Crippen molar-refractivity contribution in [3.05, 3.63) is 33.8 Å². The maximum Gasteiger partial charge on any atom is 0.435 e. The Balaban J connectivity index is 1.87. The molecule has 0 aliphatic rings. The van der Waals surface area contributed by atoms with Gasteiger partial charge in [0.2, 0.25) is 0 Å². The van der Waals surface area contributed by atoms with Crippen molar-refractivity contribution in [3.8, 4) is 0 Å². The number of aromatic nitrogens is 4. The molecular formula is C13H15BrF3N5O. The van der Waals surface area contributed by atoms with Crippen LogP contribution in [0.1, 0.15) is 28.3 Å². The molecule has 0 aromatic carbocycles. The van der Waals surface area contributed by atoms with Crippen LogP contribution in [0.4, 0.5) is 13.2 Å². The lowest BCUT2D eigenvalue weighted by atomic mass is 10.3. The highest BCUT2D eigenvalue weighted by Crippen LogP contribution is 2.28. The van der Waals surface area contributed by atoms with Crippen LogP contribution in [0.2, 0.25) is 0 Å². The van der Waals surface area contributed by atoms with E-state index in [4.69, 9.17) is 0 Å². The number of hydrogen-bond donors (Lipinski definition) is 1. The number of rotatable bonds is 5. The Labute approximate surface area is 138 Å². The molecule has 0 unspecified atom stereocenters. The molecule has 2 aromatic heterocycles. The first-order chi connectivity index (χ1) is 10.7. The normalized spacial score (nSPS) is 11.7. The Morgan fingerprint density at radius 1 is 1.43 bits per heavy atom. The first-order valence-corrected chi connectivity index (χ1v) is 7.57. The van der Waals surface area contributed by atoms with Gasteiger partial charge in [-0.05, 0) is 35.3 Å². The van der Waals surface area contributed by atoms with E-state index in [1.165, 1.54) is 15.6 Å². The van der Waals surface area contributed by atoms with Crippen LogP contribution in [0.5, 0.6) is 0 Å². The maximum absolute atomic E-state index is 12.6. The summed E-state index contributed by atoms with van der Waals surface area (Å²) < 4.78 is 41.0. The van der Waals surface area contributed by atoms with Crippen molar-refractivity contribution < 1.29 is 18.0 Å². The van der Waals surface area contributed by atoms with Crippen LogP contribution in [-0.2, 0) is 19.8 Å². The van der Waals surface area contributed by atoms with Gasteiger partial charge in [0, 0.05) is 25.8 Å². The third-order valence-electron chi connectivity index (χ3n) is 3.21. The van der Waals surface area contributed by atoms with Crippen molar-refractivity contribution in [3.63, 3.8) is 0 Å². The Kier molecular flexibility index (Phi) is 5.12. The summed E-state index contributed by atoms with van der Waals surface area (Å²) in [6.07, 6.45) is -2.47. The van der Waals surface area contributed by atoms with E-state index in [0.29, 0.717) is 28.8 Å². The molecule has 2 heterocycles. The van der Waals surface area contributed by atoms with Gasteiger partial charge in [0.05, 0.1) is 10.7 Å². The molecule has 0 atom stereocenters. The van der Waals surface area contributed by atoms with Crippen molar-refractivity contribution >= 4 is 21.8 Å². The second-order valence-corrected chi connectivity index (χ2v) is 5.82. The summed E-state index contributed by atoms with van der Waals surface area (Å²) >= 11 is 3.23. The van der Waals surface area contributed by atoms with Gasteiger partial charge in [0.1, 0.15) is 5.69 Å². The largest absolute Gasteiger partial charge is 0.435 e. The van der Waals surface area contributed by atoms with Crippen LogP contribution in [0, 0.1) is 6.92 Å². The summed E-state index contributed by atoms with van der Waals surface area (Å²) in [5, 5.41) is 10.2. The smallest absolute Gasteiger partial charge is 0.351 e. The fraction of sp³-hybridized carbons (Fsp3) is 0.462. The minimum atomic E-state index is -4.45. The average Bonchev–Trinajstić information content (AvgIpc) is 2.98. The Morgan fingerprint density at radius 3 is 2.65 bits per heavy atom. The Morgan fingerprint density at radius 2 is 2.13 bits per heavy atom. The van der Waals surface area contributed by atoms with Crippen LogP contribution in [0.3, 0.4) is 0 Å². The van der Waals surface area contributed by atoms with Gasteiger partial charge < -0.3 is 5.32 Å². The van der Waals surface area contributed by atoms with Crippen LogP contribution in [0.25, 0.3) is 0 Å². The van der Waals surface area contributed by atoms with Gasteiger partial charge in [0.15, 0.2) is 5.69 Å². The molecule has 0 bridgehead atoms. The lowest BCUT2D eigenvalue weighted by Crippen LogP contribution is -2.27. The number of carbonyl (C=O) groups is 1. The van der Waals surface area contributed by atoms with Crippen molar-refractivity contribution in [2.24, 2.45) is 7.05 Å². The molecule has 0 spiro atoms. The predicted octanol–water partition coefficient (Wildman–Crippen LogP) is 2.53. The molecule has 0 aliphatic heterocycles. The highest BCUT2D eigenvalue weighted by molar-refractivity contribution is 9.10. The predicted molar refractivity (Wildman–Crippen MR) is 79.8 cm³/mol. The standard InChI is InChI=1S/C13H15BrF3N5O/c1-8-6-10(13(15,16)17)20-22(8)5-3-4-18-12(23)11-9(14)7-19-21(11)2/h6-7H,3-5H2,1-2H3,(H,18,23). The number of halogens is 4. The molecular weight excluding hydrogens is 379 g/mol. The van der Waals surface area contributed by atoms with E-state index in [0.717, 1.165) is 6.07 Å². The fourth-order valence-corrected chi connectivity index (χ4v) is 2.58. The molecule has 0 saturated heterocycles. The first-order valence-electron chi connectivity index (χ1n) is 6.77. The molecule has 126 valence electrons. The third kappa shape index (κ3) is 4.12. The Hall–Kier alpha value is -1.84. The topological polar surface area (TPSA) is 64.7 Å². The van der Waals surface area contributed by atoms with E-state index in [2.05, 4.69) is 31.4 Å². The monoisotopic (exact) mass is 393 g/mol. The molecule has 0 saturated carbocycles. The van der Waals surface area contributed by atoms with Gasteiger partial charge in [-0.2, -0.15) is 23.4 Å². The molecule has 2 rings (SSSR count). The number of alkyl halides is 3. The summed E-state index contributed by atoms with van der Waals surface area (Å²) in [6.45, 7) is 2.17. The zero-order valence-corrected chi connectivity index (χ0v) is 14.1. The minimum Gasteiger partial charge on any atom is -0.351 e. The van der Waals surface area contributed by atoms with E-state index in [1.54, 1.807) is 14.0 Å². The summed E-state index contributed by atoms with van der Waals surface area (Å²) in [5.74, 6) is -0.301. The van der Waals surface area contributed by atoms with Gasteiger partial charge in [-0.3, -0.25) is 14.2 Å². The number of amides is 1. The highest BCUT2D eigenvalue weighted by atomic mass is 79.9. The van der Waals surface area contributed by atoms with Crippen LogP contribution < -0.4 is 5.32 Å². The third-order valence-corrected chi connectivity index (χ3v) is 3.79. The molecule has 1 N–H and O–H groups in total. The fourth-order valence-electron chi connectivity index (χ4n) is 2.06. The zero-order chi connectivity index (χ0) is 17.2. The second kappa shape index (κ2) is 6.73. The van der Waals surface area contributed by atoms with Crippen molar-refractivity contribution in [2.45, 2.75) is 26.1 Å². The van der Waals surface area contributed by atoms with Crippen molar-refractivity contribution in [1.82, 2.24) is 24.9 Å². The van der Waals surface area contributed by atoms with Gasteiger partial charge >= 0.3 is 6.18 Å². The average molecular weight is 394 g/mol. The quantitative estimate of drug-likeness (QED) is 0.793. The molecule has 23 heavy (non-hydrogen) atoms. The van der Waals surface area contributed by atoms with Gasteiger partial charge in [-0.25, -0.2) is 0 Å². The second-order valence-electron chi connectivity index (χ2n) is 4.97. The lowest BCUT2D eigenvalue weighted by molar-refractivity contribution is -0.141. The van der Waals surface area contributed by atoms with Crippen molar-refractivity contribution in [2.75, 3.05) is 6.54 Å². The van der Waals surface area contributed by atoms with Crippen LogP contribution in [0.15, 0.2) is 16.7 Å². The van der Waals surface area contributed by atoms with Crippen LogP contribution >= 0.6 is 15.9 Å². The molecule has 2 aromatic rings. The van der Waals surface area contributed by atoms with E-state index in [9.17, 15) is 18.0 Å². The van der Waals surface area contributed by atoms with E-state index < -0.39 is 11.9 Å². The number of nitrogens with one attached hydrogen (secondary N) is 1. The first kappa shape index (κ1) is 17.5. The lowest BCUT2D eigenvalue weighted by Gasteiger charge is -2.07. The molecule has 1 amide bonds. The molecule has 0 radical (unpaired) electrons. The maximum atomic E-state index is 12.6. The number of nitrogens with zero attached hydrogens (tertiary/aromatic N) is 4. The summed E-state index contributed by atoms with van der Waals surface area (Å²) in [6, 6.07) is 1.01.